The van der Waals surface area contributed by atoms with Gasteiger partial charge < -0.3 is 10.6 Å². The highest BCUT2D eigenvalue weighted by atomic mass is 15.2. The van der Waals surface area contributed by atoms with Crippen LogP contribution >= 0.6 is 0 Å². The predicted octanol–water partition coefficient (Wildman–Crippen LogP) is 1.50. The van der Waals surface area contributed by atoms with Gasteiger partial charge in [0, 0.05) is 25.5 Å². The van der Waals surface area contributed by atoms with Crippen molar-refractivity contribution in [2.75, 3.05) is 25.0 Å². The Balaban J connectivity index is 2.57. The zero-order chi connectivity index (χ0) is 12.3. The lowest BCUT2D eigenvalue weighted by molar-refractivity contribution is 0.870. The summed E-state index contributed by atoms with van der Waals surface area (Å²) in [6.45, 7) is 1.22. The molecule has 0 aliphatic carbocycles. The monoisotopic (exact) mass is 226 g/mol. The minimum Gasteiger partial charge on any atom is -0.357 e. The number of nitrogens with two attached hydrogens (primary N) is 1. The molecule has 2 aromatic rings. The van der Waals surface area contributed by atoms with Gasteiger partial charge in [-0.25, -0.2) is 4.98 Å². The van der Waals surface area contributed by atoms with Gasteiger partial charge in [-0.15, -0.1) is 0 Å². The van der Waals surface area contributed by atoms with Gasteiger partial charge in [-0.1, -0.05) is 18.2 Å². The maximum absolute atomic E-state index is 9.15. The summed E-state index contributed by atoms with van der Waals surface area (Å²) in [5, 5.41) is 10.1. The van der Waals surface area contributed by atoms with Crippen molar-refractivity contribution in [1.29, 1.82) is 5.26 Å². The molecule has 86 valence electrons. The number of fused-ring (bicyclic) bond motifs is 1. The molecule has 1 aromatic carbocycles. The second-order valence-electron chi connectivity index (χ2n) is 3.87. The fourth-order valence-corrected chi connectivity index (χ4v) is 1.78. The normalized spacial score (nSPS) is 10.2. The minimum atomic E-state index is 0.538. The second-order valence-corrected chi connectivity index (χ2v) is 3.87. The zero-order valence-corrected chi connectivity index (χ0v) is 9.72. The van der Waals surface area contributed by atoms with Gasteiger partial charge >= 0.3 is 0 Å². The van der Waals surface area contributed by atoms with Crippen molar-refractivity contribution in [2.24, 2.45) is 5.73 Å². The van der Waals surface area contributed by atoms with Gasteiger partial charge in [0.15, 0.2) is 0 Å². The molecule has 0 aliphatic heterocycles. The molecule has 2 rings (SSSR count). The molecule has 4 heteroatoms. The quantitative estimate of drug-likeness (QED) is 0.861. The number of pyridine rings is 1. The van der Waals surface area contributed by atoms with E-state index in [4.69, 9.17) is 11.0 Å². The topological polar surface area (TPSA) is 65.9 Å². The molecule has 0 bridgehead atoms. The second kappa shape index (κ2) is 4.81. The average molecular weight is 226 g/mol. The van der Waals surface area contributed by atoms with Crippen LogP contribution < -0.4 is 10.6 Å². The standard InChI is InChI=1S/C13H14N4/c1-17(7-6-14)13-11(9-15)8-10-4-2-3-5-12(10)16-13/h2-5,8H,6-7,14H2,1H3. The molecular weight excluding hydrogens is 212 g/mol. The number of hydrogen-bond donors (Lipinski definition) is 1. The van der Waals surface area contributed by atoms with E-state index in [1.165, 1.54) is 0 Å². The molecule has 2 N–H and O–H groups in total. The van der Waals surface area contributed by atoms with E-state index in [1.54, 1.807) is 0 Å². The number of rotatable bonds is 3. The molecule has 0 aliphatic rings. The van der Waals surface area contributed by atoms with Crippen LogP contribution in [0.2, 0.25) is 0 Å². The van der Waals surface area contributed by atoms with Gasteiger partial charge in [-0.05, 0) is 12.1 Å². The molecule has 0 saturated heterocycles. The van der Waals surface area contributed by atoms with Crippen LogP contribution in [0.25, 0.3) is 10.9 Å². The fourth-order valence-electron chi connectivity index (χ4n) is 1.78. The number of benzene rings is 1. The Hall–Kier alpha value is -2.12. The highest BCUT2D eigenvalue weighted by Gasteiger charge is 2.10. The zero-order valence-electron chi connectivity index (χ0n) is 9.72. The van der Waals surface area contributed by atoms with Gasteiger partial charge in [-0.3, -0.25) is 0 Å². The lowest BCUT2D eigenvalue weighted by atomic mass is 10.1. The minimum absolute atomic E-state index is 0.538. The van der Waals surface area contributed by atoms with Crippen LogP contribution in [0.3, 0.4) is 0 Å². The first kappa shape index (κ1) is 11.4. The molecule has 0 radical (unpaired) electrons. The summed E-state index contributed by atoms with van der Waals surface area (Å²) in [5.41, 5.74) is 7.00. The molecule has 17 heavy (non-hydrogen) atoms. The summed E-state index contributed by atoms with van der Waals surface area (Å²) in [4.78, 5) is 6.42. The number of para-hydroxylation sites is 1. The molecule has 0 spiro atoms. The Labute approximate surface area is 100 Å². The third-order valence-electron chi connectivity index (χ3n) is 2.65. The van der Waals surface area contributed by atoms with E-state index in [0.717, 1.165) is 10.9 Å². The largest absolute Gasteiger partial charge is 0.357 e. The third kappa shape index (κ3) is 2.19. The molecular formula is C13H14N4. The SMILES string of the molecule is CN(CCN)c1nc2ccccc2cc1C#N. The summed E-state index contributed by atoms with van der Waals surface area (Å²) in [7, 11) is 1.89. The lowest BCUT2D eigenvalue weighted by Gasteiger charge is -2.18. The molecule has 0 fully saturated rings. The van der Waals surface area contributed by atoms with E-state index >= 15 is 0 Å². The fraction of sp³-hybridized carbons (Fsp3) is 0.231. The molecule has 0 saturated carbocycles. The van der Waals surface area contributed by atoms with Crippen molar-refractivity contribution in [1.82, 2.24) is 4.98 Å². The first-order valence-corrected chi connectivity index (χ1v) is 5.47. The predicted molar refractivity (Wildman–Crippen MR) is 68.8 cm³/mol. The van der Waals surface area contributed by atoms with E-state index in [-0.39, 0.29) is 0 Å². The highest BCUT2D eigenvalue weighted by molar-refractivity contribution is 5.82. The summed E-state index contributed by atoms with van der Waals surface area (Å²) in [6, 6.07) is 11.8. The van der Waals surface area contributed by atoms with Crippen molar-refractivity contribution in [2.45, 2.75) is 0 Å². The summed E-state index contributed by atoms with van der Waals surface area (Å²) in [5.74, 6) is 0.691. The lowest BCUT2D eigenvalue weighted by Crippen LogP contribution is -2.26. The van der Waals surface area contributed by atoms with E-state index in [1.807, 2.05) is 42.3 Å². The number of nitrogens with zero attached hydrogens (tertiary/aromatic N) is 3. The smallest absolute Gasteiger partial charge is 0.147 e. The van der Waals surface area contributed by atoms with Crippen LogP contribution in [0, 0.1) is 11.3 Å². The van der Waals surface area contributed by atoms with Crippen molar-refractivity contribution in [3.8, 4) is 6.07 Å². The molecule has 4 nitrogen and oxygen atoms in total. The van der Waals surface area contributed by atoms with Gasteiger partial charge in [0.25, 0.3) is 0 Å². The van der Waals surface area contributed by atoms with Gasteiger partial charge in [0.05, 0.1) is 11.1 Å². The van der Waals surface area contributed by atoms with E-state index in [2.05, 4.69) is 11.1 Å². The first-order chi connectivity index (χ1) is 8.26. The Bertz CT molecular complexity index is 571. The number of anilines is 1. The van der Waals surface area contributed by atoms with E-state index in [0.29, 0.717) is 24.5 Å². The van der Waals surface area contributed by atoms with Crippen LogP contribution in [0.15, 0.2) is 30.3 Å². The molecule has 0 atom stereocenters. The molecule has 0 unspecified atom stereocenters. The van der Waals surface area contributed by atoms with Crippen molar-refractivity contribution >= 4 is 16.7 Å². The Morgan fingerprint density at radius 3 is 2.88 bits per heavy atom. The average Bonchev–Trinajstić information content (AvgIpc) is 2.37. The van der Waals surface area contributed by atoms with Crippen LogP contribution in [-0.2, 0) is 0 Å². The van der Waals surface area contributed by atoms with Gasteiger partial charge in [0.1, 0.15) is 11.9 Å². The molecule has 1 heterocycles. The third-order valence-corrected chi connectivity index (χ3v) is 2.65. The van der Waals surface area contributed by atoms with Gasteiger partial charge in [-0.2, -0.15) is 5.26 Å². The maximum atomic E-state index is 9.15. The van der Waals surface area contributed by atoms with Crippen molar-refractivity contribution < 1.29 is 0 Å². The number of aromatic nitrogens is 1. The Morgan fingerprint density at radius 2 is 2.18 bits per heavy atom. The maximum Gasteiger partial charge on any atom is 0.147 e. The van der Waals surface area contributed by atoms with Crippen molar-refractivity contribution in [3.63, 3.8) is 0 Å². The molecule has 0 amide bonds. The molecule has 1 aromatic heterocycles. The first-order valence-electron chi connectivity index (χ1n) is 5.47. The summed E-state index contributed by atoms with van der Waals surface area (Å²) < 4.78 is 0. The van der Waals surface area contributed by atoms with Crippen LogP contribution in [0.1, 0.15) is 5.56 Å². The number of hydrogen-bond acceptors (Lipinski definition) is 4. The summed E-state index contributed by atoms with van der Waals surface area (Å²) >= 11 is 0. The Kier molecular flexibility index (Phi) is 3.22. The Morgan fingerprint density at radius 1 is 1.41 bits per heavy atom. The van der Waals surface area contributed by atoms with Crippen LogP contribution in [-0.4, -0.2) is 25.1 Å². The number of nitriles is 1. The number of likely N-dealkylation sites (N-methyl/N-ethyl adjacent to an activating group) is 1. The van der Waals surface area contributed by atoms with E-state index < -0.39 is 0 Å². The van der Waals surface area contributed by atoms with Crippen molar-refractivity contribution in [3.05, 3.63) is 35.9 Å². The van der Waals surface area contributed by atoms with E-state index in [9.17, 15) is 0 Å². The van der Waals surface area contributed by atoms with Crippen LogP contribution in [0.5, 0.6) is 0 Å². The van der Waals surface area contributed by atoms with Gasteiger partial charge in [0.2, 0.25) is 0 Å². The summed E-state index contributed by atoms with van der Waals surface area (Å²) in [6.07, 6.45) is 0. The van der Waals surface area contributed by atoms with Crippen LogP contribution in [0.4, 0.5) is 5.82 Å². The highest BCUT2D eigenvalue weighted by Crippen LogP contribution is 2.21.